The third-order valence-corrected chi connectivity index (χ3v) is 11.8. The molecule has 0 radical (unpaired) electrons. The molecule has 0 rings (SSSR count). The first-order valence-electron chi connectivity index (χ1n) is 28.2. The number of esters is 3. The van der Waals surface area contributed by atoms with Gasteiger partial charge >= 0.3 is 17.9 Å². The molecular formula is C62H104O6. The lowest BCUT2D eigenvalue weighted by molar-refractivity contribution is -0.167. The molecule has 68 heavy (non-hydrogen) atoms. The van der Waals surface area contributed by atoms with Crippen molar-refractivity contribution in [3.63, 3.8) is 0 Å². The highest BCUT2D eigenvalue weighted by Gasteiger charge is 2.19. The van der Waals surface area contributed by atoms with Gasteiger partial charge in [0.05, 0.1) is 0 Å². The van der Waals surface area contributed by atoms with Crippen molar-refractivity contribution in [3.05, 3.63) is 97.2 Å². The topological polar surface area (TPSA) is 78.9 Å². The molecule has 0 aromatic heterocycles. The smallest absolute Gasteiger partial charge is 0.306 e. The predicted molar refractivity (Wildman–Crippen MR) is 293 cm³/mol. The average Bonchev–Trinajstić information content (AvgIpc) is 3.34. The molecule has 6 nitrogen and oxygen atoms in total. The van der Waals surface area contributed by atoms with E-state index in [0.29, 0.717) is 19.3 Å². The fraction of sp³-hybridized carbons (Fsp3) is 0.694. The summed E-state index contributed by atoms with van der Waals surface area (Å²) in [6, 6.07) is 0. The molecular weight excluding hydrogens is 841 g/mol. The molecule has 1 atom stereocenters. The van der Waals surface area contributed by atoms with Gasteiger partial charge in [0.25, 0.3) is 0 Å². The molecule has 0 aliphatic rings. The van der Waals surface area contributed by atoms with Crippen molar-refractivity contribution in [1.29, 1.82) is 0 Å². The van der Waals surface area contributed by atoms with Gasteiger partial charge in [-0.2, -0.15) is 0 Å². The van der Waals surface area contributed by atoms with E-state index in [1.807, 2.05) is 0 Å². The Morgan fingerprint density at radius 1 is 0.309 bits per heavy atom. The summed E-state index contributed by atoms with van der Waals surface area (Å²) in [7, 11) is 0. The normalized spacial score (nSPS) is 12.8. The molecule has 388 valence electrons. The van der Waals surface area contributed by atoms with Crippen molar-refractivity contribution in [2.45, 2.75) is 264 Å². The number of rotatable bonds is 50. The second-order valence-electron chi connectivity index (χ2n) is 18.5. The highest BCUT2D eigenvalue weighted by atomic mass is 16.6. The summed E-state index contributed by atoms with van der Waals surface area (Å²) in [6.45, 7) is 6.44. The van der Waals surface area contributed by atoms with Crippen molar-refractivity contribution < 1.29 is 28.6 Å². The number of allylic oxidation sites excluding steroid dienone is 16. The highest BCUT2D eigenvalue weighted by molar-refractivity contribution is 5.71. The fourth-order valence-electron chi connectivity index (χ4n) is 7.56. The van der Waals surface area contributed by atoms with Crippen LogP contribution in [0.2, 0.25) is 0 Å². The van der Waals surface area contributed by atoms with Crippen LogP contribution in [0.15, 0.2) is 97.2 Å². The maximum atomic E-state index is 12.8. The molecule has 0 aromatic rings. The lowest BCUT2D eigenvalue weighted by Gasteiger charge is -2.18. The molecule has 0 heterocycles. The van der Waals surface area contributed by atoms with E-state index in [-0.39, 0.29) is 37.5 Å². The number of carbonyl (C=O) groups excluding carboxylic acids is 3. The number of ether oxygens (including phenoxy) is 3. The fourth-order valence-corrected chi connectivity index (χ4v) is 7.56. The van der Waals surface area contributed by atoms with E-state index < -0.39 is 6.10 Å². The molecule has 0 spiro atoms. The van der Waals surface area contributed by atoms with E-state index >= 15 is 0 Å². The van der Waals surface area contributed by atoms with Crippen LogP contribution in [-0.2, 0) is 28.6 Å². The SMILES string of the molecule is CC/C=C\C/C=C\C/C=C\C/C=C\C/C=C\CCCC(=O)OC(COC(=O)CCCCCCC/C=C\CCCCC)COC(=O)CCCCCCCCCCC/C=C\C/C=C\CCCCCCC. The van der Waals surface area contributed by atoms with Crippen LogP contribution in [0.5, 0.6) is 0 Å². The number of hydrogen-bond acceptors (Lipinski definition) is 6. The van der Waals surface area contributed by atoms with Gasteiger partial charge in [-0.05, 0) is 116 Å². The summed E-state index contributed by atoms with van der Waals surface area (Å²) in [5.41, 5.74) is 0. The van der Waals surface area contributed by atoms with Crippen LogP contribution in [-0.4, -0.2) is 37.2 Å². The molecule has 0 saturated heterocycles. The summed E-state index contributed by atoms with van der Waals surface area (Å²) < 4.78 is 16.8. The van der Waals surface area contributed by atoms with Gasteiger partial charge in [0.15, 0.2) is 6.10 Å². The Labute approximate surface area is 419 Å². The Balaban J connectivity index is 4.44. The zero-order valence-electron chi connectivity index (χ0n) is 44.3. The monoisotopic (exact) mass is 945 g/mol. The molecule has 0 N–H and O–H groups in total. The highest BCUT2D eigenvalue weighted by Crippen LogP contribution is 2.14. The summed E-state index contributed by atoms with van der Waals surface area (Å²) in [4.78, 5) is 38.1. The molecule has 0 aliphatic carbocycles. The number of carbonyl (C=O) groups is 3. The zero-order chi connectivity index (χ0) is 49.3. The van der Waals surface area contributed by atoms with Crippen LogP contribution >= 0.6 is 0 Å². The molecule has 0 aromatic carbocycles. The third kappa shape index (κ3) is 53.3. The van der Waals surface area contributed by atoms with Crippen LogP contribution in [0.25, 0.3) is 0 Å². The van der Waals surface area contributed by atoms with E-state index in [9.17, 15) is 14.4 Å². The van der Waals surface area contributed by atoms with Crippen LogP contribution in [0.1, 0.15) is 258 Å². The maximum absolute atomic E-state index is 12.8. The molecule has 0 bridgehead atoms. The van der Waals surface area contributed by atoms with Gasteiger partial charge in [-0.15, -0.1) is 0 Å². The third-order valence-electron chi connectivity index (χ3n) is 11.8. The second-order valence-corrected chi connectivity index (χ2v) is 18.5. The van der Waals surface area contributed by atoms with E-state index in [4.69, 9.17) is 14.2 Å². The first-order valence-corrected chi connectivity index (χ1v) is 28.2. The predicted octanol–water partition coefficient (Wildman–Crippen LogP) is 18.9. The van der Waals surface area contributed by atoms with Crippen LogP contribution in [0.4, 0.5) is 0 Å². The van der Waals surface area contributed by atoms with E-state index in [2.05, 4.69) is 118 Å². The average molecular weight is 946 g/mol. The van der Waals surface area contributed by atoms with Gasteiger partial charge in [-0.25, -0.2) is 0 Å². The standard InChI is InChI=1S/C62H104O6/c1-4-7-10-13-16-19-22-25-27-29-30-31-32-34-35-37-40-43-46-49-52-55-61(64)67-58-59(57-66-60(63)54-51-48-45-42-39-24-21-18-15-12-9-6-3)68-62(65)56-53-50-47-44-41-38-36-33-28-26-23-20-17-14-11-8-5-2/h8,11,17-18,20-22,25-26,28-30,36,38,44,47,59H,4-7,9-10,12-16,19,23-24,27,31-35,37,39-43,45-46,48-58H2,1-3H3/b11-8-,20-17-,21-18-,25-22-,28-26-,30-29-,38-36-,47-44-. The van der Waals surface area contributed by atoms with Gasteiger partial charge in [0.2, 0.25) is 0 Å². The van der Waals surface area contributed by atoms with Gasteiger partial charge < -0.3 is 14.2 Å². The minimum Gasteiger partial charge on any atom is -0.462 e. The van der Waals surface area contributed by atoms with Gasteiger partial charge in [-0.3, -0.25) is 14.4 Å². The van der Waals surface area contributed by atoms with E-state index in [1.54, 1.807) is 0 Å². The largest absolute Gasteiger partial charge is 0.462 e. The summed E-state index contributed by atoms with van der Waals surface area (Å²) in [6.07, 6.45) is 74.0. The second kappa shape index (κ2) is 55.9. The molecule has 0 aliphatic heterocycles. The molecule has 0 amide bonds. The van der Waals surface area contributed by atoms with Gasteiger partial charge in [0, 0.05) is 19.3 Å². The number of hydrogen-bond donors (Lipinski definition) is 0. The molecule has 6 heteroatoms. The zero-order valence-corrected chi connectivity index (χ0v) is 44.3. The van der Waals surface area contributed by atoms with Crippen molar-refractivity contribution >= 4 is 17.9 Å². The quantitative estimate of drug-likeness (QED) is 0.0262. The summed E-state index contributed by atoms with van der Waals surface area (Å²) in [5, 5.41) is 0. The molecule has 1 unspecified atom stereocenters. The lowest BCUT2D eigenvalue weighted by Crippen LogP contribution is -2.30. The van der Waals surface area contributed by atoms with Crippen molar-refractivity contribution in [1.82, 2.24) is 0 Å². The van der Waals surface area contributed by atoms with Crippen molar-refractivity contribution in [2.24, 2.45) is 0 Å². The summed E-state index contributed by atoms with van der Waals surface area (Å²) in [5.74, 6) is -0.977. The van der Waals surface area contributed by atoms with Gasteiger partial charge in [-0.1, -0.05) is 221 Å². The maximum Gasteiger partial charge on any atom is 0.306 e. The first kappa shape index (κ1) is 64.3. The van der Waals surface area contributed by atoms with Crippen molar-refractivity contribution in [2.75, 3.05) is 13.2 Å². The Morgan fingerprint density at radius 3 is 0.985 bits per heavy atom. The summed E-state index contributed by atoms with van der Waals surface area (Å²) >= 11 is 0. The Kier molecular flexibility index (Phi) is 52.9. The first-order chi connectivity index (χ1) is 33.5. The molecule has 0 fully saturated rings. The van der Waals surface area contributed by atoms with Crippen molar-refractivity contribution in [3.8, 4) is 0 Å². The Hall–Kier alpha value is -3.67. The lowest BCUT2D eigenvalue weighted by atomic mass is 10.1. The minimum absolute atomic E-state index is 0.105. The van der Waals surface area contributed by atoms with Crippen LogP contribution < -0.4 is 0 Å². The van der Waals surface area contributed by atoms with E-state index in [0.717, 1.165) is 96.3 Å². The van der Waals surface area contributed by atoms with Gasteiger partial charge in [0.1, 0.15) is 13.2 Å². The van der Waals surface area contributed by atoms with Crippen LogP contribution in [0.3, 0.4) is 0 Å². The van der Waals surface area contributed by atoms with Crippen LogP contribution in [0, 0.1) is 0 Å². The molecule has 0 saturated carbocycles. The van der Waals surface area contributed by atoms with E-state index in [1.165, 1.54) is 116 Å². The Morgan fingerprint density at radius 2 is 0.588 bits per heavy atom. The minimum atomic E-state index is -0.813. The number of unbranched alkanes of at least 4 members (excludes halogenated alkanes) is 23. The Bertz CT molecular complexity index is 1360.